The van der Waals surface area contributed by atoms with Gasteiger partial charge in [0.15, 0.2) is 5.65 Å². The number of rotatable bonds is 8. The van der Waals surface area contributed by atoms with Crippen LogP contribution in [0.15, 0.2) is 37.0 Å². The molecule has 0 aliphatic carbocycles. The van der Waals surface area contributed by atoms with Crippen molar-refractivity contribution in [2.24, 2.45) is 0 Å². The normalized spacial score (nSPS) is 11.0. The zero-order valence-electron chi connectivity index (χ0n) is 16.8. The van der Waals surface area contributed by atoms with Gasteiger partial charge in [-0.3, -0.25) is 0 Å². The van der Waals surface area contributed by atoms with Crippen molar-refractivity contribution in [2.75, 3.05) is 23.3 Å². The van der Waals surface area contributed by atoms with Crippen LogP contribution < -0.4 is 10.2 Å². The van der Waals surface area contributed by atoms with Gasteiger partial charge in [-0.05, 0) is 44.4 Å². The van der Waals surface area contributed by atoms with Crippen LogP contribution in [0.2, 0.25) is 0 Å². The topological polar surface area (TPSA) is 45.5 Å². The maximum absolute atomic E-state index is 4.82. The van der Waals surface area contributed by atoms with Crippen molar-refractivity contribution in [3.63, 3.8) is 0 Å². The molecule has 3 aromatic rings. The minimum Gasteiger partial charge on any atom is -0.356 e. The predicted octanol–water partition coefficient (Wildman–Crippen LogP) is 5.36. The molecule has 0 saturated carbocycles. The number of nitrogens with one attached hydrogen (secondary N) is 1. The van der Waals surface area contributed by atoms with E-state index in [0.29, 0.717) is 0 Å². The number of fused-ring (bicyclic) bond motifs is 1. The van der Waals surface area contributed by atoms with E-state index >= 15 is 0 Å². The first kappa shape index (κ1) is 19.0. The molecule has 27 heavy (non-hydrogen) atoms. The summed E-state index contributed by atoms with van der Waals surface area (Å²) in [6.07, 6.45) is 5.87. The molecule has 0 amide bonds. The highest BCUT2D eigenvalue weighted by Gasteiger charge is 2.18. The first-order valence-electron chi connectivity index (χ1n) is 9.68. The number of aromatic nitrogens is 3. The molecule has 0 saturated heterocycles. The van der Waals surface area contributed by atoms with E-state index in [1.165, 1.54) is 5.56 Å². The Morgan fingerprint density at radius 2 is 1.89 bits per heavy atom. The summed E-state index contributed by atoms with van der Waals surface area (Å²) >= 11 is 0. The third kappa shape index (κ3) is 3.82. The highest BCUT2D eigenvalue weighted by atomic mass is 15.4. The van der Waals surface area contributed by atoms with Crippen LogP contribution in [0.3, 0.4) is 0 Å². The molecule has 0 radical (unpaired) electrons. The van der Waals surface area contributed by atoms with Gasteiger partial charge in [-0.25, -0.2) is 4.98 Å². The molecule has 0 fully saturated rings. The Balaban J connectivity index is 2.12. The third-order valence-electron chi connectivity index (χ3n) is 4.71. The summed E-state index contributed by atoms with van der Waals surface area (Å²) in [7, 11) is 0. The van der Waals surface area contributed by atoms with Crippen molar-refractivity contribution < 1.29 is 0 Å². The van der Waals surface area contributed by atoms with Crippen molar-refractivity contribution >= 4 is 29.0 Å². The summed E-state index contributed by atoms with van der Waals surface area (Å²) in [6, 6.07) is 8.27. The van der Waals surface area contributed by atoms with Crippen LogP contribution in [-0.2, 0) is 0 Å². The van der Waals surface area contributed by atoms with E-state index in [-0.39, 0.29) is 0 Å². The maximum Gasteiger partial charge on any atom is 0.159 e. The van der Waals surface area contributed by atoms with Gasteiger partial charge in [0.25, 0.3) is 0 Å². The van der Waals surface area contributed by atoms with Crippen LogP contribution in [0.4, 0.5) is 17.3 Å². The summed E-state index contributed by atoms with van der Waals surface area (Å²) < 4.78 is 1.95. The number of anilines is 3. The lowest BCUT2D eigenvalue weighted by Gasteiger charge is -2.27. The fourth-order valence-electron chi connectivity index (χ4n) is 3.46. The number of hydrogen-bond donors (Lipinski definition) is 1. The van der Waals surface area contributed by atoms with Crippen LogP contribution >= 0.6 is 0 Å². The molecule has 0 bridgehead atoms. The molecule has 0 aliphatic rings. The summed E-state index contributed by atoms with van der Waals surface area (Å²) in [5.74, 6) is 1.98. The number of nitrogens with zero attached hydrogens (tertiary/aromatic N) is 4. The second kappa shape index (κ2) is 8.25. The van der Waals surface area contributed by atoms with Crippen molar-refractivity contribution in [3.05, 3.63) is 53.7 Å². The quantitative estimate of drug-likeness (QED) is 0.585. The Morgan fingerprint density at radius 1 is 1.15 bits per heavy atom. The lowest BCUT2D eigenvalue weighted by atomic mass is 10.1. The Bertz CT molecular complexity index is 935. The van der Waals surface area contributed by atoms with E-state index in [1.54, 1.807) is 0 Å². The van der Waals surface area contributed by atoms with E-state index in [0.717, 1.165) is 60.0 Å². The highest BCUT2D eigenvalue weighted by molar-refractivity contribution is 5.75. The smallest absolute Gasteiger partial charge is 0.159 e. The largest absolute Gasteiger partial charge is 0.356 e. The zero-order valence-corrected chi connectivity index (χ0v) is 16.8. The molecule has 0 atom stereocenters. The average molecular weight is 364 g/mol. The lowest BCUT2D eigenvalue weighted by Crippen LogP contribution is -2.28. The molecular formula is C22H29N5. The predicted molar refractivity (Wildman–Crippen MR) is 115 cm³/mol. The molecular weight excluding hydrogens is 334 g/mol. The van der Waals surface area contributed by atoms with E-state index in [2.05, 4.69) is 67.8 Å². The van der Waals surface area contributed by atoms with Crippen molar-refractivity contribution in [1.82, 2.24) is 14.6 Å². The van der Waals surface area contributed by atoms with Crippen LogP contribution in [0, 0.1) is 13.8 Å². The molecule has 0 unspecified atom stereocenters. The molecule has 2 heterocycles. The molecule has 0 aliphatic heterocycles. The standard InChI is InChI=1S/C22H29N5/c1-6-13-26(14-7-2)22-17(5)21(25-20-11-12-23-27(20)22)24-19-10-9-16(4)15-18(19)8-3/h8-12,15H,3,6-7,13-14H2,1-2,4-5H3,(H,24,25). The second-order valence-electron chi connectivity index (χ2n) is 6.92. The number of hydrogen-bond acceptors (Lipinski definition) is 4. The van der Waals surface area contributed by atoms with Crippen LogP contribution in [0.25, 0.3) is 11.7 Å². The van der Waals surface area contributed by atoms with Crippen molar-refractivity contribution in [1.29, 1.82) is 0 Å². The Morgan fingerprint density at radius 3 is 2.56 bits per heavy atom. The maximum atomic E-state index is 4.82. The Labute approximate surface area is 161 Å². The van der Waals surface area contributed by atoms with Gasteiger partial charge < -0.3 is 10.2 Å². The monoisotopic (exact) mass is 363 g/mol. The molecule has 0 spiro atoms. The Hall–Kier alpha value is -2.82. The first-order valence-corrected chi connectivity index (χ1v) is 9.68. The molecule has 2 aromatic heterocycles. The van der Waals surface area contributed by atoms with Gasteiger partial charge in [-0.15, -0.1) is 0 Å². The summed E-state index contributed by atoms with van der Waals surface area (Å²) in [5, 5.41) is 8.06. The molecule has 142 valence electrons. The van der Waals surface area contributed by atoms with Gasteiger partial charge in [0.2, 0.25) is 0 Å². The van der Waals surface area contributed by atoms with Crippen LogP contribution in [-0.4, -0.2) is 27.7 Å². The molecule has 3 rings (SSSR count). The SMILES string of the molecule is C=Cc1cc(C)ccc1Nc1nc2ccnn2c(N(CCC)CCC)c1C. The first-order chi connectivity index (χ1) is 13.1. The number of aryl methyl sites for hydroxylation is 1. The van der Waals surface area contributed by atoms with Gasteiger partial charge in [-0.2, -0.15) is 9.61 Å². The van der Waals surface area contributed by atoms with E-state index in [1.807, 2.05) is 22.9 Å². The van der Waals surface area contributed by atoms with Crippen molar-refractivity contribution in [3.8, 4) is 0 Å². The van der Waals surface area contributed by atoms with Gasteiger partial charge in [0.1, 0.15) is 11.6 Å². The fraction of sp³-hybridized carbons (Fsp3) is 0.364. The molecule has 5 heteroatoms. The van der Waals surface area contributed by atoms with Crippen LogP contribution in [0.5, 0.6) is 0 Å². The van der Waals surface area contributed by atoms with E-state index in [9.17, 15) is 0 Å². The molecule has 1 aromatic carbocycles. The van der Waals surface area contributed by atoms with E-state index < -0.39 is 0 Å². The summed E-state index contributed by atoms with van der Waals surface area (Å²) in [6.45, 7) is 14.6. The zero-order chi connectivity index (χ0) is 19.4. The van der Waals surface area contributed by atoms with Gasteiger partial charge >= 0.3 is 0 Å². The third-order valence-corrected chi connectivity index (χ3v) is 4.71. The lowest BCUT2D eigenvalue weighted by molar-refractivity contribution is 0.712. The minimum atomic E-state index is 0.850. The van der Waals surface area contributed by atoms with E-state index in [4.69, 9.17) is 4.98 Å². The van der Waals surface area contributed by atoms with Crippen LogP contribution in [0.1, 0.15) is 43.4 Å². The second-order valence-corrected chi connectivity index (χ2v) is 6.92. The Kier molecular flexibility index (Phi) is 5.79. The van der Waals surface area contributed by atoms with Gasteiger partial charge in [0.05, 0.1) is 6.20 Å². The van der Waals surface area contributed by atoms with Gasteiger partial charge in [0, 0.05) is 30.4 Å². The average Bonchev–Trinajstić information content (AvgIpc) is 3.11. The number of benzene rings is 1. The van der Waals surface area contributed by atoms with Crippen molar-refractivity contribution in [2.45, 2.75) is 40.5 Å². The highest BCUT2D eigenvalue weighted by Crippen LogP contribution is 2.30. The molecule has 5 nitrogen and oxygen atoms in total. The molecule has 1 N–H and O–H groups in total. The summed E-state index contributed by atoms with van der Waals surface area (Å²) in [4.78, 5) is 7.23. The van der Waals surface area contributed by atoms with Gasteiger partial charge in [-0.1, -0.05) is 38.1 Å². The fourth-order valence-corrected chi connectivity index (χ4v) is 3.46. The summed E-state index contributed by atoms with van der Waals surface area (Å²) in [5.41, 5.74) is 5.25. The minimum absolute atomic E-state index is 0.850.